The number of amides is 2. The predicted molar refractivity (Wildman–Crippen MR) is 135 cm³/mol. The Balaban J connectivity index is 3.00. The van der Waals surface area contributed by atoms with Crippen LogP contribution in [0.4, 0.5) is 0 Å². The summed E-state index contributed by atoms with van der Waals surface area (Å²) in [6.45, 7) is 4.59. The van der Waals surface area contributed by atoms with E-state index in [1.54, 1.807) is 24.3 Å². The molecule has 0 bridgehead atoms. The second-order valence-corrected chi connectivity index (χ2v) is 7.65. The normalized spacial score (nSPS) is 10.5. The molecule has 10 nitrogen and oxygen atoms in total. The summed E-state index contributed by atoms with van der Waals surface area (Å²) in [5.41, 5.74) is 1.11. The van der Waals surface area contributed by atoms with Crippen LogP contribution in [0.15, 0.2) is 24.3 Å². The van der Waals surface area contributed by atoms with Crippen molar-refractivity contribution in [2.75, 3.05) is 55.1 Å². The molecular weight excluding hydrogens is 468 g/mol. The molecule has 0 aromatic heterocycles. The number of benzene rings is 2. The Morgan fingerprint density at radius 3 is 1.36 bits per heavy atom. The minimum atomic E-state index is -0.350. The fourth-order valence-electron chi connectivity index (χ4n) is 3.51. The highest BCUT2D eigenvalue weighted by Crippen LogP contribution is 2.49. The van der Waals surface area contributed by atoms with Gasteiger partial charge in [-0.3, -0.25) is 9.59 Å². The van der Waals surface area contributed by atoms with Crippen molar-refractivity contribution < 1.29 is 38.0 Å². The van der Waals surface area contributed by atoms with Gasteiger partial charge in [0.1, 0.15) is 0 Å². The number of nitrogens with one attached hydrogen (secondary N) is 2. The van der Waals surface area contributed by atoms with Crippen LogP contribution in [0.3, 0.4) is 0 Å². The van der Waals surface area contributed by atoms with E-state index >= 15 is 0 Å². The third-order valence-corrected chi connectivity index (χ3v) is 5.14. The molecule has 2 aromatic carbocycles. The highest BCUT2D eigenvalue weighted by molar-refractivity contribution is 6.10. The van der Waals surface area contributed by atoms with Crippen LogP contribution >= 0.6 is 0 Å². The van der Waals surface area contributed by atoms with E-state index in [1.807, 2.05) is 13.8 Å². The second-order valence-electron chi connectivity index (χ2n) is 7.65. The summed E-state index contributed by atoms with van der Waals surface area (Å²) in [5, 5.41) is 5.78. The van der Waals surface area contributed by atoms with E-state index < -0.39 is 0 Å². The van der Waals surface area contributed by atoms with Gasteiger partial charge < -0.3 is 39.1 Å². The van der Waals surface area contributed by atoms with Crippen molar-refractivity contribution in [1.82, 2.24) is 10.6 Å². The van der Waals surface area contributed by atoms with Gasteiger partial charge in [-0.25, -0.2) is 0 Å². The van der Waals surface area contributed by atoms with Crippen LogP contribution in [0.2, 0.25) is 0 Å². The maximum absolute atomic E-state index is 13.3. The van der Waals surface area contributed by atoms with Crippen molar-refractivity contribution in [3.05, 3.63) is 35.4 Å². The van der Waals surface area contributed by atoms with Gasteiger partial charge in [0.2, 0.25) is 0 Å². The van der Waals surface area contributed by atoms with Gasteiger partial charge in [-0.15, -0.1) is 0 Å². The van der Waals surface area contributed by atoms with Crippen molar-refractivity contribution in [2.45, 2.75) is 26.7 Å². The second kappa shape index (κ2) is 14.8. The Kier molecular flexibility index (Phi) is 11.8. The molecule has 0 aliphatic carbocycles. The van der Waals surface area contributed by atoms with Crippen LogP contribution in [0, 0.1) is 0 Å². The molecule has 2 amide bonds. The number of carbonyl (C=O) groups is 2. The van der Waals surface area contributed by atoms with Gasteiger partial charge in [0.15, 0.2) is 36.6 Å². The zero-order valence-electron chi connectivity index (χ0n) is 21.8. The lowest BCUT2D eigenvalue weighted by Gasteiger charge is -2.23. The molecular formula is C26H36N2O8. The van der Waals surface area contributed by atoms with Crippen LogP contribution in [0.25, 0.3) is 11.1 Å². The molecule has 0 saturated carbocycles. The number of ether oxygens (including phenoxy) is 6. The van der Waals surface area contributed by atoms with Crippen molar-refractivity contribution >= 4 is 11.8 Å². The Morgan fingerprint density at radius 1 is 0.667 bits per heavy atom. The maximum atomic E-state index is 13.3. The number of rotatable bonds is 15. The Hall–Kier alpha value is -3.50. The molecule has 0 unspecified atom stereocenters. The number of carbonyl (C=O) groups excluding carboxylic acids is 2. The zero-order chi connectivity index (χ0) is 26.5. The predicted octanol–water partition coefficient (Wildman–Crippen LogP) is 3.62. The van der Waals surface area contributed by atoms with E-state index in [-0.39, 0.29) is 48.0 Å². The molecule has 0 heterocycles. The fourth-order valence-corrected chi connectivity index (χ4v) is 3.51. The number of methoxy groups -OCH3 is 4. The molecule has 2 N–H and O–H groups in total. The largest absolute Gasteiger partial charge is 0.493 e. The first-order chi connectivity index (χ1) is 17.5. The minimum absolute atomic E-state index is 0.126. The highest BCUT2D eigenvalue weighted by Gasteiger charge is 2.30. The summed E-state index contributed by atoms with van der Waals surface area (Å²) < 4.78 is 33.2. The summed E-state index contributed by atoms with van der Waals surface area (Å²) in [7, 11) is 5.93. The van der Waals surface area contributed by atoms with Crippen LogP contribution < -0.4 is 29.6 Å². The molecule has 0 aliphatic rings. The monoisotopic (exact) mass is 504 g/mol. The van der Waals surface area contributed by atoms with Gasteiger partial charge in [-0.05, 0) is 37.1 Å². The number of hydrogen-bond donors (Lipinski definition) is 2. The molecule has 2 rings (SSSR count). The van der Waals surface area contributed by atoms with Crippen LogP contribution in [0.1, 0.15) is 47.4 Å². The minimum Gasteiger partial charge on any atom is -0.493 e. The van der Waals surface area contributed by atoms with Gasteiger partial charge >= 0.3 is 0 Å². The van der Waals surface area contributed by atoms with E-state index in [0.717, 1.165) is 12.8 Å². The average molecular weight is 505 g/mol. The van der Waals surface area contributed by atoms with Crippen LogP contribution in [-0.2, 0) is 9.47 Å². The Labute approximate surface area is 212 Å². The highest BCUT2D eigenvalue weighted by atomic mass is 16.7. The first kappa shape index (κ1) is 28.7. The summed E-state index contributed by atoms with van der Waals surface area (Å²) >= 11 is 0. The van der Waals surface area contributed by atoms with Gasteiger partial charge in [-0.1, -0.05) is 13.8 Å². The SMILES string of the molecule is CCCNC(=O)c1ccc(OC)c(OCOC)c1-c1c(C(=O)NCCC)ccc(OC)c1OCOC. The van der Waals surface area contributed by atoms with Gasteiger partial charge in [0.25, 0.3) is 11.8 Å². The molecule has 0 fully saturated rings. The van der Waals surface area contributed by atoms with E-state index in [1.165, 1.54) is 28.4 Å². The fraction of sp³-hybridized carbons (Fsp3) is 0.462. The molecule has 0 atom stereocenters. The zero-order valence-corrected chi connectivity index (χ0v) is 21.8. The summed E-state index contributed by atoms with van der Waals surface area (Å²) in [5.74, 6) is 0.408. The molecule has 0 radical (unpaired) electrons. The molecule has 36 heavy (non-hydrogen) atoms. The van der Waals surface area contributed by atoms with Gasteiger partial charge in [0.05, 0.1) is 25.3 Å². The van der Waals surface area contributed by atoms with E-state index in [2.05, 4.69) is 10.6 Å². The van der Waals surface area contributed by atoms with E-state index in [9.17, 15) is 9.59 Å². The molecule has 198 valence electrons. The van der Waals surface area contributed by atoms with Crippen molar-refractivity contribution in [2.24, 2.45) is 0 Å². The molecule has 2 aromatic rings. The van der Waals surface area contributed by atoms with Crippen molar-refractivity contribution in [3.8, 4) is 34.1 Å². The topological polar surface area (TPSA) is 114 Å². The third-order valence-electron chi connectivity index (χ3n) is 5.14. The molecule has 0 saturated heterocycles. The van der Waals surface area contributed by atoms with Crippen LogP contribution in [-0.4, -0.2) is 66.9 Å². The average Bonchev–Trinajstić information content (AvgIpc) is 2.90. The Morgan fingerprint density at radius 2 is 1.06 bits per heavy atom. The number of hydrogen-bond acceptors (Lipinski definition) is 8. The van der Waals surface area contributed by atoms with E-state index in [4.69, 9.17) is 28.4 Å². The Bertz CT molecular complexity index is 944. The van der Waals surface area contributed by atoms with E-state index in [0.29, 0.717) is 35.7 Å². The van der Waals surface area contributed by atoms with Crippen molar-refractivity contribution in [3.63, 3.8) is 0 Å². The lowest BCUT2D eigenvalue weighted by atomic mass is 9.91. The smallest absolute Gasteiger partial charge is 0.252 e. The lowest BCUT2D eigenvalue weighted by Crippen LogP contribution is -2.27. The molecule has 0 spiro atoms. The van der Waals surface area contributed by atoms with Gasteiger partial charge in [0, 0.05) is 38.4 Å². The van der Waals surface area contributed by atoms with Crippen LogP contribution in [0.5, 0.6) is 23.0 Å². The standard InChI is InChI=1S/C26H36N2O8/c1-7-13-27-25(29)17-9-11-19(33-5)23(35-15-31-3)21(17)22-18(26(30)28-14-8-2)10-12-20(34-6)24(22)36-16-32-4/h9-12H,7-8,13-16H2,1-6H3,(H,27,29)(H,28,30). The third kappa shape index (κ3) is 6.79. The summed E-state index contributed by atoms with van der Waals surface area (Å²) in [6.07, 6.45) is 1.49. The first-order valence-electron chi connectivity index (χ1n) is 11.7. The summed E-state index contributed by atoms with van der Waals surface area (Å²) in [6, 6.07) is 6.49. The lowest BCUT2D eigenvalue weighted by molar-refractivity contribution is 0.0479. The van der Waals surface area contributed by atoms with Crippen molar-refractivity contribution in [1.29, 1.82) is 0 Å². The molecule has 10 heteroatoms. The first-order valence-corrected chi connectivity index (χ1v) is 11.7. The maximum Gasteiger partial charge on any atom is 0.252 e. The summed E-state index contributed by atoms with van der Waals surface area (Å²) in [4.78, 5) is 26.6. The molecule has 0 aliphatic heterocycles. The quantitative estimate of drug-likeness (QED) is 0.354. The van der Waals surface area contributed by atoms with Gasteiger partial charge in [-0.2, -0.15) is 0 Å².